The second-order valence-corrected chi connectivity index (χ2v) is 7.95. The number of hydrogen-bond donors (Lipinski definition) is 0. The number of aryl methyl sites for hydroxylation is 1. The molecule has 3 heterocycles. The highest BCUT2D eigenvalue weighted by atomic mass is 32.1. The molecule has 0 N–H and O–H groups in total. The summed E-state index contributed by atoms with van der Waals surface area (Å²) in [6.07, 6.45) is -4.11. The van der Waals surface area contributed by atoms with E-state index in [0.717, 1.165) is 22.3 Å². The Morgan fingerprint density at radius 2 is 1.90 bits per heavy atom. The van der Waals surface area contributed by atoms with Crippen LogP contribution in [-0.4, -0.2) is 27.5 Å². The molecule has 0 aliphatic carbocycles. The van der Waals surface area contributed by atoms with Crippen molar-refractivity contribution < 1.29 is 27.5 Å². The largest absolute Gasteiger partial charge is 0.456 e. The van der Waals surface area contributed by atoms with Gasteiger partial charge in [-0.2, -0.15) is 13.2 Å². The molecule has 6 nitrogen and oxygen atoms in total. The van der Waals surface area contributed by atoms with E-state index in [1.165, 1.54) is 0 Å². The molecule has 0 aromatic carbocycles. The van der Waals surface area contributed by atoms with Crippen LogP contribution in [0.2, 0.25) is 0 Å². The third-order valence-electron chi connectivity index (χ3n) is 4.74. The van der Waals surface area contributed by atoms with Crippen LogP contribution in [0, 0.1) is 13.8 Å². The van der Waals surface area contributed by atoms with Gasteiger partial charge in [-0.25, -0.2) is 0 Å². The van der Waals surface area contributed by atoms with Crippen LogP contribution in [0.25, 0.3) is 0 Å². The van der Waals surface area contributed by atoms with Crippen LogP contribution < -0.4 is 5.56 Å². The number of carbonyl (C=O) groups excluding carboxylic acids is 2. The number of Topliss-reactive ketones (excluding diaryl/α,β-unsaturated/α-hetero) is 1. The second kappa shape index (κ2) is 8.93. The SMILES string of the molecule is Cc1cc(C(=O)COC(=O)Cn2cc(C(F)(F)F)ccc2=O)c(C)n1Cc1cccs1. The minimum Gasteiger partial charge on any atom is -0.456 e. The van der Waals surface area contributed by atoms with E-state index in [0.29, 0.717) is 28.9 Å². The Morgan fingerprint density at radius 3 is 2.55 bits per heavy atom. The number of nitrogens with zero attached hydrogens (tertiary/aromatic N) is 2. The molecule has 0 bridgehead atoms. The second-order valence-electron chi connectivity index (χ2n) is 6.92. The first-order valence-corrected chi connectivity index (χ1v) is 10.1. The van der Waals surface area contributed by atoms with Gasteiger partial charge in [0.2, 0.25) is 5.78 Å². The number of halogens is 3. The fourth-order valence-corrected chi connectivity index (χ4v) is 3.81. The normalized spacial score (nSPS) is 11.5. The van der Waals surface area contributed by atoms with Crippen molar-refractivity contribution in [2.75, 3.05) is 6.61 Å². The molecule has 0 saturated carbocycles. The minimum absolute atomic E-state index is 0.401. The number of ketones is 1. The molecule has 0 unspecified atom stereocenters. The standard InChI is InChI=1S/C21H19F3N2O4S/c1-13-8-17(14(2)26(13)10-16-4-3-7-31-16)18(27)12-30-20(29)11-25-9-15(21(22,23)24)5-6-19(25)28/h3-9H,10-12H2,1-2H3. The van der Waals surface area contributed by atoms with Crippen LogP contribution in [0.15, 0.2) is 46.7 Å². The van der Waals surface area contributed by atoms with Crippen molar-refractivity contribution in [3.63, 3.8) is 0 Å². The Kier molecular flexibility index (Phi) is 6.49. The van der Waals surface area contributed by atoms with E-state index in [9.17, 15) is 27.6 Å². The lowest BCUT2D eigenvalue weighted by atomic mass is 10.1. The van der Waals surface area contributed by atoms with Crippen LogP contribution >= 0.6 is 11.3 Å². The Hall–Kier alpha value is -3.14. The van der Waals surface area contributed by atoms with Gasteiger partial charge in [-0.05, 0) is 37.4 Å². The molecule has 0 aliphatic heterocycles. The zero-order chi connectivity index (χ0) is 22.8. The zero-order valence-corrected chi connectivity index (χ0v) is 17.5. The van der Waals surface area contributed by atoms with Crippen LogP contribution in [-0.2, 0) is 28.8 Å². The monoisotopic (exact) mass is 452 g/mol. The number of pyridine rings is 1. The molecule has 3 rings (SSSR count). The fraction of sp³-hybridized carbons (Fsp3) is 0.286. The predicted octanol–water partition coefficient (Wildman–Crippen LogP) is 3.82. The summed E-state index contributed by atoms with van der Waals surface area (Å²) in [5.74, 6) is -1.42. The molecule has 0 spiro atoms. The summed E-state index contributed by atoms with van der Waals surface area (Å²) >= 11 is 1.60. The third-order valence-corrected chi connectivity index (χ3v) is 5.60. The lowest BCUT2D eigenvalue weighted by Crippen LogP contribution is -2.27. The van der Waals surface area contributed by atoms with E-state index in [4.69, 9.17) is 4.74 Å². The van der Waals surface area contributed by atoms with Gasteiger partial charge in [0.1, 0.15) is 6.54 Å². The maximum absolute atomic E-state index is 12.8. The lowest BCUT2D eigenvalue weighted by Gasteiger charge is -2.11. The number of carbonyl (C=O) groups is 2. The topological polar surface area (TPSA) is 70.3 Å². The Balaban J connectivity index is 1.65. The molecule has 164 valence electrons. The van der Waals surface area contributed by atoms with Crippen LogP contribution in [0.1, 0.15) is 32.2 Å². The average molecular weight is 452 g/mol. The summed E-state index contributed by atoms with van der Waals surface area (Å²) in [6.45, 7) is 2.96. The molecule has 10 heteroatoms. The maximum Gasteiger partial charge on any atom is 0.417 e. The van der Waals surface area contributed by atoms with E-state index in [1.807, 2.05) is 29.0 Å². The number of rotatable bonds is 7. The molecule has 0 radical (unpaired) electrons. The van der Waals surface area contributed by atoms with Gasteiger partial charge >= 0.3 is 12.1 Å². The van der Waals surface area contributed by atoms with Crippen molar-refractivity contribution >= 4 is 23.1 Å². The molecule has 0 aliphatic rings. The van der Waals surface area contributed by atoms with Crippen molar-refractivity contribution in [2.24, 2.45) is 0 Å². The fourth-order valence-electron chi connectivity index (χ4n) is 3.12. The molecule has 0 fully saturated rings. The van der Waals surface area contributed by atoms with Crippen LogP contribution in [0.4, 0.5) is 13.2 Å². The smallest absolute Gasteiger partial charge is 0.417 e. The highest BCUT2D eigenvalue weighted by Crippen LogP contribution is 2.28. The van der Waals surface area contributed by atoms with Gasteiger partial charge in [-0.15, -0.1) is 11.3 Å². The highest BCUT2D eigenvalue weighted by molar-refractivity contribution is 7.09. The highest BCUT2D eigenvalue weighted by Gasteiger charge is 2.31. The molecule has 3 aromatic rings. The van der Waals surface area contributed by atoms with Gasteiger partial charge in [0, 0.05) is 34.1 Å². The minimum atomic E-state index is -4.65. The van der Waals surface area contributed by atoms with E-state index in [1.54, 1.807) is 24.3 Å². The Morgan fingerprint density at radius 1 is 1.16 bits per heavy atom. The van der Waals surface area contributed by atoms with E-state index in [-0.39, 0.29) is 0 Å². The number of thiophene rings is 1. The number of alkyl halides is 3. The lowest BCUT2D eigenvalue weighted by molar-refractivity contribution is -0.144. The van der Waals surface area contributed by atoms with Gasteiger partial charge in [-0.1, -0.05) is 6.07 Å². The first-order valence-electron chi connectivity index (χ1n) is 9.22. The summed E-state index contributed by atoms with van der Waals surface area (Å²) in [5.41, 5.74) is 0.151. The zero-order valence-electron chi connectivity index (χ0n) is 16.7. The molecule has 3 aromatic heterocycles. The quantitative estimate of drug-likeness (QED) is 0.404. The number of ether oxygens (including phenoxy) is 1. The first-order chi connectivity index (χ1) is 14.6. The number of hydrogen-bond acceptors (Lipinski definition) is 5. The van der Waals surface area contributed by atoms with Gasteiger partial charge < -0.3 is 13.9 Å². The molecular weight excluding hydrogens is 433 g/mol. The maximum atomic E-state index is 12.8. The van der Waals surface area contributed by atoms with Crippen LogP contribution in [0.3, 0.4) is 0 Å². The van der Waals surface area contributed by atoms with Crippen molar-refractivity contribution in [1.82, 2.24) is 9.13 Å². The van der Waals surface area contributed by atoms with E-state index >= 15 is 0 Å². The summed E-state index contributed by atoms with van der Waals surface area (Å²) in [7, 11) is 0. The first kappa shape index (κ1) is 22.5. The van der Waals surface area contributed by atoms with Gasteiger partial charge in [0.15, 0.2) is 6.61 Å². The Labute approximate surface area is 179 Å². The molecule has 0 atom stereocenters. The Bertz CT molecular complexity index is 1160. The third kappa shape index (κ3) is 5.32. The molecular formula is C21H19F3N2O4S. The molecule has 0 amide bonds. The van der Waals surface area contributed by atoms with E-state index < -0.39 is 42.2 Å². The predicted molar refractivity (Wildman–Crippen MR) is 108 cm³/mol. The summed E-state index contributed by atoms with van der Waals surface area (Å²) in [5, 5.41) is 1.96. The van der Waals surface area contributed by atoms with Gasteiger partial charge in [0.25, 0.3) is 5.56 Å². The van der Waals surface area contributed by atoms with Crippen LogP contribution in [0.5, 0.6) is 0 Å². The van der Waals surface area contributed by atoms with Crippen molar-refractivity contribution in [2.45, 2.75) is 33.1 Å². The summed E-state index contributed by atoms with van der Waals surface area (Å²) in [6, 6.07) is 7.00. The summed E-state index contributed by atoms with van der Waals surface area (Å²) < 4.78 is 45.9. The average Bonchev–Trinajstić information content (AvgIpc) is 3.31. The summed E-state index contributed by atoms with van der Waals surface area (Å²) in [4.78, 5) is 37.4. The van der Waals surface area contributed by atoms with Crippen molar-refractivity contribution in [3.8, 4) is 0 Å². The number of esters is 1. The van der Waals surface area contributed by atoms with Crippen molar-refractivity contribution in [1.29, 1.82) is 0 Å². The molecule has 31 heavy (non-hydrogen) atoms. The van der Waals surface area contributed by atoms with Gasteiger partial charge in [0.05, 0.1) is 12.1 Å². The van der Waals surface area contributed by atoms with Gasteiger partial charge in [-0.3, -0.25) is 14.4 Å². The number of aromatic nitrogens is 2. The van der Waals surface area contributed by atoms with Crippen molar-refractivity contribution in [3.05, 3.63) is 79.7 Å². The van der Waals surface area contributed by atoms with E-state index in [2.05, 4.69) is 0 Å². The molecule has 0 saturated heterocycles.